The van der Waals surface area contributed by atoms with Crippen molar-refractivity contribution in [3.8, 4) is 0 Å². The predicted molar refractivity (Wildman–Crippen MR) is 128 cm³/mol. The molecule has 0 unspecified atom stereocenters. The molecule has 0 bridgehead atoms. The van der Waals surface area contributed by atoms with Gasteiger partial charge >= 0.3 is 0 Å². The van der Waals surface area contributed by atoms with Crippen LogP contribution in [0.5, 0.6) is 0 Å². The molecule has 0 radical (unpaired) electrons. The van der Waals surface area contributed by atoms with Gasteiger partial charge in [0.1, 0.15) is 10.6 Å². The quantitative estimate of drug-likeness (QED) is 0.428. The summed E-state index contributed by atoms with van der Waals surface area (Å²) in [5.41, 5.74) is 3.52. The van der Waals surface area contributed by atoms with E-state index in [-0.39, 0.29) is 5.70 Å². The lowest BCUT2D eigenvalue weighted by atomic mass is 10.1. The highest BCUT2D eigenvalue weighted by molar-refractivity contribution is 8.04. The first-order valence-corrected chi connectivity index (χ1v) is 11.1. The van der Waals surface area contributed by atoms with Crippen molar-refractivity contribution in [2.75, 3.05) is 10.2 Å². The van der Waals surface area contributed by atoms with E-state index in [4.69, 9.17) is 23.2 Å². The summed E-state index contributed by atoms with van der Waals surface area (Å²) in [5.74, 6) is -0.878. The van der Waals surface area contributed by atoms with Crippen LogP contribution in [-0.4, -0.2) is 11.8 Å². The molecule has 4 rings (SSSR count). The molecular weight excluding hydrogens is 451 g/mol. The topological polar surface area (TPSA) is 49.4 Å². The summed E-state index contributed by atoms with van der Waals surface area (Å²) in [7, 11) is 0. The molecule has 1 N–H and O–H groups in total. The number of hydrogen-bond donors (Lipinski definition) is 1. The summed E-state index contributed by atoms with van der Waals surface area (Å²) >= 11 is 13.5. The van der Waals surface area contributed by atoms with Gasteiger partial charge in [-0.3, -0.25) is 9.59 Å². The van der Waals surface area contributed by atoms with Crippen LogP contribution in [0.15, 0.2) is 82.2 Å². The van der Waals surface area contributed by atoms with E-state index in [2.05, 4.69) is 5.32 Å². The van der Waals surface area contributed by atoms with Gasteiger partial charge < -0.3 is 5.32 Å². The van der Waals surface area contributed by atoms with Gasteiger partial charge in [0.15, 0.2) is 0 Å². The van der Waals surface area contributed by atoms with Crippen molar-refractivity contribution in [2.45, 2.75) is 18.7 Å². The monoisotopic (exact) mass is 468 g/mol. The number of thioether (sulfide) groups is 1. The zero-order chi connectivity index (χ0) is 22.1. The second-order valence-corrected chi connectivity index (χ2v) is 9.01. The van der Waals surface area contributed by atoms with Crippen molar-refractivity contribution < 1.29 is 9.59 Å². The number of hydrogen-bond acceptors (Lipinski definition) is 4. The van der Waals surface area contributed by atoms with Crippen LogP contribution >= 0.6 is 35.0 Å². The average molecular weight is 469 g/mol. The van der Waals surface area contributed by atoms with Gasteiger partial charge in [-0.25, -0.2) is 4.90 Å². The molecule has 1 aliphatic rings. The molecule has 1 heterocycles. The summed E-state index contributed by atoms with van der Waals surface area (Å²) in [4.78, 5) is 28.9. The van der Waals surface area contributed by atoms with Gasteiger partial charge in [-0.05, 0) is 73.5 Å². The van der Waals surface area contributed by atoms with Gasteiger partial charge in [-0.15, -0.1) is 0 Å². The minimum atomic E-state index is -0.451. The third-order valence-corrected chi connectivity index (χ3v) is 6.61. The number of rotatable bonds is 5. The molecule has 0 saturated carbocycles. The summed E-state index contributed by atoms with van der Waals surface area (Å²) in [6.07, 6.45) is 0. The number of nitrogens with one attached hydrogen (secondary N) is 1. The van der Waals surface area contributed by atoms with E-state index in [1.807, 2.05) is 44.2 Å². The number of benzene rings is 3. The zero-order valence-corrected chi connectivity index (χ0v) is 19.1. The van der Waals surface area contributed by atoms with Crippen molar-refractivity contribution in [3.63, 3.8) is 0 Å². The number of carbonyl (C=O) groups is 2. The lowest BCUT2D eigenvalue weighted by molar-refractivity contribution is -0.120. The van der Waals surface area contributed by atoms with Gasteiger partial charge in [0.25, 0.3) is 11.8 Å². The van der Waals surface area contributed by atoms with E-state index in [1.165, 1.54) is 11.8 Å². The van der Waals surface area contributed by atoms with Crippen LogP contribution in [0.1, 0.15) is 11.1 Å². The number of para-hydroxylation sites is 1. The smallest absolute Gasteiger partial charge is 0.283 e. The number of nitrogens with zero attached hydrogens (tertiary/aromatic N) is 1. The number of halogens is 2. The summed E-state index contributed by atoms with van der Waals surface area (Å²) < 4.78 is 0. The Morgan fingerprint density at radius 1 is 0.839 bits per heavy atom. The molecule has 3 aromatic rings. The van der Waals surface area contributed by atoms with Crippen LogP contribution in [-0.2, 0) is 9.59 Å². The summed E-state index contributed by atoms with van der Waals surface area (Å²) in [6, 6.07) is 19.7. The van der Waals surface area contributed by atoms with Crippen LogP contribution < -0.4 is 10.2 Å². The molecule has 0 spiro atoms. The summed E-state index contributed by atoms with van der Waals surface area (Å²) in [5, 5.41) is 4.09. The maximum atomic E-state index is 13.4. The minimum absolute atomic E-state index is 0.216. The highest BCUT2D eigenvalue weighted by Gasteiger charge is 2.41. The van der Waals surface area contributed by atoms with Crippen LogP contribution in [0, 0.1) is 13.8 Å². The molecule has 31 heavy (non-hydrogen) atoms. The largest absolute Gasteiger partial charge is 0.350 e. The second-order valence-electron chi connectivity index (χ2n) is 7.08. The van der Waals surface area contributed by atoms with Crippen LogP contribution in [0.3, 0.4) is 0 Å². The Labute approximate surface area is 194 Å². The van der Waals surface area contributed by atoms with Crippen LogP contribution in [0.2, 0.25) is 10.0 Å². The standard InChI is InChI=1S/C24H18Cl2N2O2S/c1-14-7-10-17(13-15(14)2)27-21-22(31-18-11-8-16(25)9-12-18)24(30)28(23(21)29)20-6-4-3-5-19(20)26/h3-13,27H,1-2H3. The van der Waals surface area contributed by atoms with Crippen molar-refractivity contribution in [2.24, 2.45) is 0 Å². The van der Waals surface area contributed by atoms with Crippen molar-refractivity contribution >= 4 is 58.2 Å². The first kappa shape index (κ1) is 21.5. The second kappa shape index (κ2) is 8.79. The Bertz CT molecular complexity index is 1220. The molecule has 0 atom stereocenters. The Balaban J connectivity index is 1.77. The number of amides is 2. The highest BCUT2D eigenvalue weighted by atomic mass is 35.5. The molecular formula is C24H18Cl2N2O2S. The third-order valence-electron chi connectivity index (χ3n) is 4.94. The van der Waals surface area contributed by atoms with E-state index in [0.29, 0.717) is 20.6 Å². The maximum absolute atomic E-state index is 13.4. The normalized spacial score (nSPS) is 13.9. The molecule has 7 heteroatoms. The minimum Gasteiger partial charge on any atom is -0.350 e. The zero-order valence-electron chi connectivity index (χ0n) is 16.8. The number of aryl methyl sites for hydroxylation is 2. The number of anilines is 2. The fourth-order valence-corrected chi connectivity index (χ4v) is 4.42. The molecule has 4 nitrogen and oxygen atoms in total. The molecule has 3 aromatic carbocycles. The highest BCUT2D eigenvalue weighted by Crippen LogP contribution is 2.40. The average Bonchev–Trinajstić information content (AvgIpc) is 2.97. The van der Waals surface area contributed by atoms with E-state index in [9.17, 15) is 9.59 Å². The first-order valence-electron chi connectivity index (χ1n) is 9.50. The Hall–Kier alpha value is -2.73. The third kappa shape index (κ3) is 4.35. The van der Waals surface area contributed by atoms with Gasteiger partial charge in [0.05, 0.1) is 10.7 Å². The first-order chi connectivity index (χ1) is 14.8. The molecule has 1 aliphatic heterocycles. The molecule has 156 valence electrons. The fourth-order valence-electron chi connectivity index (χ4n) is 3.15. The summed E-state index contributed by atoms with van der Waals surface area (Å²) in [6.45, 7) is 4.01. The Morgan fingerprint density at radius 3 is 2.23 bits per heavy atom. The molecule has 0 saturated heterocycles. The van der Waals surface area contributed by atoms with Crippen molar-refractivity contribution in [3.05, 3.63) is 98.5 Å². The lowest BCUT2D eigenvalue weighted by Crippen LogP contribution is -2.32. The molecule has 0 fully saturated rings. The SMILES string of the molecule is Cc1ccc(NC2=C(Sc3ccc(Cl)cc3)C(=O)N(c3ccccc3Cl)C2=O)cc1C. The van der Waals surface area contributed by atoms with Crippen molar-refractivity contribution in [1.29, 1.82) is 0 Å². The van der Waals surface area contributed by atoms with Crippen LogP contribution in [0.4, 0.5) is 11.4 Å². The van der Waals surface area contributed by atoms with Gasteiger partial charge in [-0.1, -0.05) is 53.2 Å². The van der Waals surface area contributed by atoms with E-state index < -0.39 is 11.8 Å². The maximum Gasteiger partial charge on any atom is 0.283 e. The van der Waals surface area contributed by atoms with E-state index in [0.717, 1.165) is 26.6 Å². The van der Waals surface area contributed by atoms with Gasteiger partial charge in [0.2, 0.25) is 0 Å². The number of carbonyl (C=O) groups excluding carboxylic acids is 2. The van der Waals surface area contributed by atoms with Crippen LogP contribution in [0.25, 0.3) is 0 Å². The Morgan fingerprint density at radius 2 is 1.55 bits per heavy atom. The molecule has 2 amide bonds. The Kier molecular flexibility index (Phi) is 6.10. The molecule has 0 aliphatic carbocycles. The van der Waals surface area contributed by atoms with Gasteiger partial charge in [0, 0.05) is 15.6 Å². The number of imide groups is 1. The van der Waals surface area contributed by atoms with E-state index >= 15 is 0 Å². The fraction of sp³-hybridized carbons (Fsp3) is 0.0833. The van der Waals surface area contributed by atoms with E-state index in [1.54, 1.807) is 36.4 Å². The van der Waals surface area contributed by atoms with Gasteiger partial charge in [-0.2, -0.15) is 0 Å². The lowest BCUT2D eigenvalue weighted by Gasteiger charge is -2.16. The molecule has 0 aromatic heterocycles. The predicted octanol–water partition coefficient (Wildman–Crippen LogP) is 6.60. The van der Waals surface area contributed by atoms with Crippen molar-refractivity contribution in [1.82, 2.24) is 0 Å².